The summed E-state index contributed by atoms with van der Waals surface area (Å²) in [6, 6.07) is 0. The SMILES string of the molecule is CS(=O)CCCNC(=O)CN. The summed E-state index contributed by atoms with van der Waals surface area (Å²) in [5, 5.41) is 2.59. The van der Waals surface area contributed by atoms with Gasteiger partial charge in [0.1, 0.15) is 0 Å². The van der Waals surface area contributed by atoms with Gasteiger partial charge in [0.05, 0.1) is 6.54 Å². The summed E-state index contributed by atoms with van der Waals surface area (Å²) in [4.78, 5) is 10.5. The van der Waals surface area contributed by atoms with E-state index in [1.165, 1.54) is 0 Å². The van der Waals surface area contributed by atoms with Crippen molar-refractivity contribution >= 4 is 16.7 Å². The maximum atomic E-state index is 10.5. The Labute approximate surface area is 69.0 Å². The molecule has 1 unspecified atom stereocenters. The molecule has 0 saturated heterocycles. The van der Waals surface area contributed by atoms with Crippen LogP contribution in [0.2, 0.25) is 0 Å². The maximum Gasteiger partial charge on any atom is 0.233 e. The summed E-state index contributed by atoms with van der Waals surface area (Å²) >= 11 is 0. The first kappa shape index (κ1) is 10.6. The van der Waals surface area contributed by atoms with E-state index >= 15 is 0 Å². The molecule has 0 bridgehead atoms. The molecule has 3 N–H and O–H groups in total. The van der Waals surface area contributed by atoms with Gasteiger partial charge >= 0.3 is 0 Å². The number of carbonyl (C=O) groups is 1. The highest BCUT2D eigenvalue weighted by atomic mass is 32.2. The molecule has 4 nitrogen and oxygen atoms in total. The van der Waals surface area contributed by atoms with Gasteiger partial charge in [-0.25, -0.2) is 0 Å². The van der Waals surface area contributed by atoms with E-state index < -0.39 is 10.8 Å². The van der Waals surface area contributed by atoms with Gasteiger partial charge < -0.3 is 11.1 Å². The van der Waals surface area contributed by atoms with Crippen molar-refractivity contribution in [1.82, 2.24) is 5.32 Å². The Morgan fingerprint density at radius 3 is 2.73 bits per heavy atom. The van der Waals surface area contributed by atoms with E-state index in [4.69, 9.17) is 5.73 Å². The summed E-state index contributed by atoms with van der Waals surface area (Å²) in [6.45, 7) is 0.588. The molecule has 0 heterocycles. The van der Waals surface area contributed by atoms with Crippen molar-refractivity contribution < 1.29 is 9.00 Å². The van der Waals surface area contributed by atoms with Crippen LogP contribution >= 0.6 is 0 Å². The average molecular weight is 178 g/mol. The standard InChI is InChI=1S/C6H14N2O2S/c1-11(10)4-2-3-8-6(9)5-7/h2-5,7H2,1H3,(H,8,9). The number of carbonyl (C=O) groups excluding carboxylic acids is 1. The first-order chi connectivity index (χ1) is 5.16. The number of hydrogen-bond acceptors (Lipinski definition) is 3. The van der Waals surface area contributed by atoms with Crippen molar-refractivity contribution in [1.29, 1.82) is 0 Å². The molecule has 0 spiro atoms. The van der Waals surface area contributed by atoms with E-state index in [9.17, 15) is 9.00 Å². The lowest BCUT2D eigenvalue weighted by Crippen LogP contribution is -2.31. The topological polar surface area (TPSA) is 72.2 Å². The Morgan fingerprint density at radius 1 is 1.64 bits per heavy atom. The fourth-order valence-corrected chi connectivity index (χ4v) is 1.13. The highest BCUT2D eigenvalue weighted by Crippen LogP contribution is 1.80. The van der Waals surface area contributed by atoms with Crippen molar-refractivity contribution in [2.24, 2.45) is 5.73 Å². The Balaban J connectivity index is 3.14. The van der Waals surface area contributed by atoms with Crippen LogP contribution in [0.1, 0.15) is 6.42 Å². The van der Waals surface area contributed by atoms with Crippen LogP contribution in [0.3, 0.4) is 0 Å². The van der Waals surface area contributed by atoms with Crippen LogP contribution in [0.25, 0.3) is 0 Å². The van der Waals surface area contributed by atoms with Gasteiger partial charge in [-0.05, 0) is 6.42 Å². The first-order valence-corrected chi connectivity index (χ1v) is 5.16. The first-order valence-electron chi connectivity index (χ1n) is 3.43. The summed E-state index contributed by atoms with van der Waals surface area (Å²) in [7, 11) is -0.765. The summed E-state index contributed by atoms with van der Waals surface area (Å²) < 4.78 is 10.5. The minimum atomic E-state index is -0.765. The predicted octanol–water partition coefficient (Wildman–Crippen LogP) is -1.17. The molecular formula is C6H14N2O2S. The highest BCUT2D eigenvalue weighted by Gasteiger charge is 1.95. The van der Waals surface area contributed by atoms with Crippen molar-refractivity contribution in [3.63, 3.8) is 0 Å². The Bertz CT molecular complexity index is 150. The normalized spacial score (nSPS) is 12.5. The molecule has 0 saturated carbocycles. The quantitative estimate of drug-likeness (QED) is 0.521. The Kier molecular flexibility index (Phi) is 6.06. The number of hydrogen-bond donors (Lipinski definition) is 2. The zero-order valence-corrected chi connectivity index (χ0v) is 7.45. The van der Waals surface area contributed by atoms with E-state index in [0.29, 0.717) is 12.3 Å². The van der Waals surface area contributed by atoms with Gasteiger partial charge in [-0.15, -0.1) is 0 Å². The van der Waals surface area contributed by atoms with E-state index in [1.54, 1.807) is 6.26 Å². The van der Waals surface area contributed by atoms with Gasteiger partial charge in [0.15, 0.2) is 0 Å². The van der Waals surface area contributed by atoms with Crippen LogP contribution in [-0.4, -0.2) is 35.2 Å². The molecule has 0 aromatic heterocycles. The third kappa shape index (κ3) is 7.48. The monoisotopic (exact) mass is 178 g/mol. The second kappa shape index (κ2) is 6.30. The molecule has 0 aliphatic rings. The van der Waals surface area contributed by atoms with E-state index in [-0.39, 0.29) is 12.5 Å². The molecule has 0 radical (unpaired) electrons. The molecule has 11 heavy (non-hydrogen) atoms. The minimum absolute atomic E-state index is 0.0230. The van der Waals surface area contributed by atoms with Crippen LogP contribution in [-0.2, 0) is 15.6 Å². The number of nitrogens with two attached hydrogens (primary N) is 1. The molecule has 0 aliphatic heterocycles. The van der Waals surface area contributed by atoms with Gasteiger partial charge in [-0.2, -0.15) is 0 Å². The van der Waals surface area contributed by atoms with Crippen LogP contribution < -0.4 is 11.1 Å². The lowest BCUT2D eigenvalue weighted by molar-refractivity contribution is -0.119. The second-order valence-electron chi connectivity index (χ2n) is 2.18. The number of nitrogens with one attached hydrogen (secondary N) is 1. The van der Waals surface area contributed by atoms with E-state index in [1.807, 2.05) is 0 Å². The molecule has 1 atom stereocenters. The lowest BCUT2D eigenvalue weighted by atomic mass is 10.4. The largest absolute Gasteiger partial charge is 0.355 e. The average Bonchev–Trinajstić information content (AvgIpc) is 1.97. The molecular weight excluding hydrogens is 164 g/mol. The van der Waals surface area contributed by atoms with Crippen LogP contribution in [0, 0.1) is 0 Å². The number of rotatable bonds is 5. The lowest BCUT2D eigenvalue weighted by Gasteiger charge is -2.00. The third-order valence-electron chi connectivity index (χ3n) is 1.12. The highest BCUT2D eigenvalue weighted by molar-refractivity contribution is 7.84. The summed E-state index contributed by atoms with van der Waals surface area (Å²) in [5.74, 6) is 0.470. The fraction of sp³-hybridized carbons (Fsp3) is 0.833. The zero-order chi connectivity index (χ0) is 8.69. The van der Waals surface area contributed by atoms with Crippen LogP contribution in [0.5, 0.6) is 0 Å². The van der Waals surface area contributed by atoms with E-state index in [0.717, 1.165) is 6.42 Å². The minimum Gasteiger partial charge on any atom is -0.355 e. The van der Waals surface area contributed by atoms with E-state index in [2.05, 4.69) is 5.32 Å². The molecule has 5 heteroatoms. The van der Waals surface area contributed by atoms with Crippen molar-refractivity contribution in [3.8, 4) is 0 Å². The zero-order valence-electron chi connectivity index (χ0n) is 6.63. The van der Waals surface area contributed by atoms with Crippen molar-refractivity contribution in [3.05, 3.63) is 0 Å². The van der Waals surface area contributed by atoms with Crippen LogP contribution in [0.15, 0.2) is 0 Å². The molecule has 0 aromatic carbocycles. The third-order valence-corrected chi connectivity index (χ3v) is 1.98. The maximum absolute atomic E-state index is 10.5. The van der Waals surface area contributed by atoms with Gasteiger partial charge in [0.2, 0.25) is 5.91 Å². The molecule has 0 aromatic rings. The molecule has 0 rings (SSSR count). The Hall–Kier alpha value is -0.420. The van der Waals surface area contributed by atoms with Gasteiger partial charge in [-0.3, -0.25) is 9.00 Å². The van der Waals surface area contributed by atoms with Gasteiger partial charge in [0.25, 0.3) is 0 Å². The van der Waals surface area contributed by atoms with Crippen molar-refractivity contribution in [2.75, 3.05) is 25.1 Å². The molecule has 0 aliphatic carbocycles. The molecule has 1 amide bonds. The predicted molar refractivity (Wildman–Crippen MR) is 45.6 cm³/mol. The van der Waals surface area contributed by atoms with Gasteiger partial charge in [-0.1, -0.05) is 0 Å². The fourth-order valence-electron chi connectivity index (χ4n) is 0.575. The molecule has 66 valence electrons. The van der Waals surface area contributed by atoms with Crippen molar-refractivity contribution in [2.45, 2.75) is 6.42 Å². The number of amides is 1. The van der Waals surface area contributed by atoms with Crippen LogP contribution in [0.4, 0.5) is 0 Å². The molecule has 0 fully saturated rings. The smallest absolute Gasteiger partial charge is 0.233 e. The van der Waals surface area contributed by atoms with Gasteiger partial charge in [0, 0.05) is 29.4 Å². The summed E-state index contributed by atoms with van der Waals surface area (Å²) in [6.07, 6.45) is 2.39. The second-order valence-corrected chi connectivity index (χ2v) is 3.74. The summed E-state index contributed by atoms with van der Waals surface area (Å²) in [5.41, 5.74) is 5.04. The Morgan fingerprint density at radius 2 is 2.27 bits per heavy atom.